The average Bonchev–Trinajstić information content (AvgIpc) is 2.22. The van der Waals surface area contributed by atoms with Gasteiger partial charge in [-0.15, -0.1) is 0 Å². The third-order valence-electron chi connectivity index (χ3n) is 2.41. The summed E-state index contributed by atoms with van der Waals surface area (Å²) in [6, 6.07) is 4.80. The molecule has 5 heteroatoms. The second kappa shape index (κ2) is 5.45. The fraction of sp³-hybridized carbons (Fsp3) is 0.333. The molecule has 1 unspecified atom stereocenters. The van der Waals surface area contributed by atoms with Crippen LogP contribution in [0, 0.1) is 13.8 Å². The van der Waals surface area contributed by atoms with Crippen molar-refractivity contribution in [3.8, 4) is 0 Å². The molecule has 5 nitrogen and oxygen atoms in total. The number of hydrogen-bond donors (Lipinski definition) is 3. The third-order valence-corrected chi connectivity index (χ3v) is 2.41. The van der Waals surface area contributed by atoms with Gasteiger partial charge in [-0.3, -0.25) is 9.59 Å². The predicted octanol–water partition coefficient (Wildman–Crippen LogP) is 0.445. The van der Waals surface area contributed by atoms with Crippen LogP contribution < -0.4 is 16.8 Å². The van der Waals surface area contributed by atoms with Crippen LogP contribution in [0.15, 0.2) is 18.2 Å². The molecule has 0 saturated heterocycles. The van der Waals surface area contributed by atoms with Gasteiger partial charge in [-0.05, 0) is 31.0 Å². The van der Waals surface area contributed by atoms with E-state index in [0.29, 0.717) is 5.69 Å². The molecule has 1 aromatic rings. The molecular weight excluding hydrogens is 218 g/mol. The third kappa shape index (κ3) is 3.88. The molecule has 1 atom stereocenters. The molecule has 5 N–H and O–H groups in total. The Balaban J connectivity index is 2.73. The molecule has 0 bridgehead atoms. The van der Waals surface area contributed by atoms with Crippen LogP contribution >= 0.6 is 0 Å². The molecule has 92 valence electrons. The van der Waals surface area contributed by atoms with Crippen LogP contribution in [0.25, 0.3) is 0 Å². The van der Waals surface area contributed by atoms with Crippen LogP contribution in [0.2, 0.25) is 0 Å². The van der Waals surface area contributed by atoms with Gasteiger partial charge in [0, 0.05) is 5.69 Å². The Labute approximate surface area is 100 Å². The lowest BCUT2D eigenvalue weighted by molar-refractivity contribution is -0.123. The zero-order chi connectivity index (χ0) is 13.0. The van der Waals surface area contributed by atoms with E-state index < -0.39 is 17.9 Å². The van der Waals surface area contributed by atoms with E-state index in [1.54, 1.807) is 0 Å². The summed E-state index contributed by atoms with van der Waals surface area (Å²) in [4.78, 5) is 22.3. The highest BCUT2D eigenvalue weighted by Crippen LogP contribution is 2.16. The van der Waals surface area contributed by atoms with Crippen molar-refractivity contribution in [2.24, 2.45) is 11.5 Å². The minimum absolute atomic E-state index is 0.156. The van der Waals surface area contributed by atoms with E-state index in [2.05, 4.69) is 5.32 Å². The lowest BCUT2D eigenvalue weighted by atomic mass is 10.1. The van der Waals surface area contributed by atoms with Crippen molar-refractivity contribution in [3.05, 3.63) is 29.3 Å². The molecule has 0 aliphatic carbocycles. The van der Waals surface area contributed by atoms with Crippen molar-refractivity contribution in [2.75, 3.05) is 5.32 Å². The number of nitrogens with one attached hydrogen (secondary N) is 1. The Morgan fingerprint density at radius 2 is 2.00 bits per heavy atom. The van der Waals surface area contributed by atoms with Crippen LogP contribution in [-0.4, -0.2) is 17.9 Å². The van der Waals surface area contributed by atoms with Crippen LogP contribution in [0.4, 0.5) is 5.69 Å². The number of amides is 2. The smallest absolute Gasteiger partial charge is 0.241 e. The Hall–Kier alpha value is -1.88. The van der Waals surface area contributed by atoms with Gasteiger partial charge >= 0.3 is 0 Å². The first-order valence-corrected chi connectivity index (χ1v) is 5.32. The van der Waals surface area contributed by atoms with Gasteiger partial charge < -0.3 is 16.8 Å². The summed E-state index contributed by atoms with van der Waals surface area (Å²) in [5.41, 5.74) is 13.2. The first-order valence-electron chi connectivity index (χ1n) is 5.32. The van der Waals surface area contributed by atoms with Crippen molar-refractivity contribution < 1.29 is 9.59 Å². The number of anilines is 1. The zero-order valence-electron chi connectivity index (χ0n) is 9.99. The van der Waals surface area contributed by atoms with E-state index in [1.807, 2.05) is 32.0 Å². The van der Waals surface area contributed by atoms with Gasteiger partial charge in [-0.2, -0.15) is 0 Å². The molecule has 0 aromatic heterocycles. The minimum atomic E-state index is -0.910. The van der Waals surface area contributed by atoms with Gasteiger partial charge in [-0.1, -0.05) is 12.1 Å². The predicted molar refractivity (Wildman–Crippen MR) is 66.3 cm³/mol. The van der Waals surface area contributed by atoms with E-state index in [4.69, 9.17) is 11.5 Å². The molecule has 0 radical (unpaired) electrons. The maximum Gasteiger partial charge on any atom is 0.241 e. The Morgan fingerprint density at radius 1 is 1.35 bits per heavy atom. The first kappa shape index (κ1) is 13.2. The average molecular weight is 235 g/mol. The zero-order valence-corrected chi connectivity index (χ0v) is 9.99. The maximum atomic E-state index is 11.7. The van der Waals surface area contributed by atoms with Crippen molar-refractivity contribution in [1.82, 2.24) is 0 Å². The molecule has 0 heterocycles. The number of rotatable bonds is 4. The molecule has 0 saturated carbocycles. The highest BCUT2D eigenvalue weighted by atomic mass is 16.2. The fourth-order valence-corrected chi connectivity index (χ4v) is 1.41. The number of aryl methyl sites for hydroxylation is 2. The lowest BCUT2D eigenvalue weighted by Gasteiger charge is -2.13. The quantitative estimate of drug-likeness (QED) is 0.706. The normalized spacial score (nSPS) is 11.9. The van der Waals surface area contributed by atoms with Crippen molar-refractivity contribution >= 4 is 17.5 Å². The second-order valence-corrected chi connectivity index (χ2v) is 4.08. The van der Waals surface area contributed by atoms with Crippen molar-refractivity contribution in [2.45, 2.75) is 26.3 Å². The van der Waals surface area contributed by atoms with E-state index in [1.165, 1.54) is 0 Å². The van der Waals surface area contributed by atoms with Crippen LogP contribution in [0.3, 0.4) is 0 Å². The number of carbonyl (C=O) groups excluding carboxylic acids is 2. The largest absolute Gasteiger partial charge is 0.370 e. The SMILES string of the molecule is Cc1ccc(C)c(NC(=O)C(N)CC(N)=O)c1. The lowest BCUT2D eigenvalue weighted by Crippen LogP contribution is -2.39. The summed E-state index contributed by atoms with van der Waals surface area (Å²) >= 11 is 0. The van der Waals surface area contributed by atoms with E-state index in [0.717, 1.165) is 11.1 Å². The summed E-state index contributed by atoms with van der Waals surface area (Å²) in [7, 11) is 0. The van der Waals surface area contributed by atoms with Crippen LogP contribution in [0.5, 0.6) is 0 Å². The molecule has 0 spiro atoms. The second-order valence-electron chi connectivity index (χ2n) is 4.08. The Kier molecular flexibility index (Phi) is 4.23. The van der Waals surface area contributed by atoms with Gasteiger partial charge in [0.05, 0.1) is 12.5 Å². The molecule has 0 aliphatic rings. The summed E-state index contributed by atoms with van der Waals surface area (Å²) < 4.78 is 0. The van der Waals surface area contributed by atoms with Crippen LogP contribution in [-0.2, 0) is 9.59 Å². The Morgan fingerprint density at radius 3 is 2.59 bits per heavy atom. The van der Waals surface area contributed by atoms with E-state index >= 15 is 0 Å². The maximum absolute atomic E-state index is 11.7. The van der Waals surface area contributed by atoms with Crippen molar-refractivity contribution in [3.63, 3.8) is 0 Å². The van der Waals surface area contributed by atoms with Crippen molar-refractivity contribution in [1.29, 1.82) is 0 Å². The van der Waals surface area contributed by atoms with Crippen LogP contribution in [0.1, 0.15) is 17.5 Å². The molecule has 0 fully saturated rings. The number of benzene rings is 1. The number of hydrogen-bond acceptors (Lipinski definition) is 3. The number of carbonyl (C=O) groups is 2. The summed E-state index contributed by atoms with van der Waals surface area (Å²) in [6.07, 6.45) is -0.156. The monoisotopic (exact) mass is 235 g/mol. The Bertz CT molecular complexity index is 443. The van der Waals surface area contributed by atoms with E-state index in [9.17, 15) is 9.59 Å². The highest BCUT2D eigenvalue weighted by Gasteiger charge is 2.16. The summed E-state index contributed by atoms with van der Waals surface area (Å²) in [6.45, 7) is 3.81. The summed E-state index contributed by atoms with van der Waals surface area (Å²) in [5.74, 6) is -0.994. The fourth-order valence-electron chi connectivity index (χ4n) is 1.41. The minimum Gasteiger partial charge on any atom is -0.370 e. The number of primary amides is 1. The van der Waals surface area contributed by atoms with Gasteiger partial charge in [0.2, 0.25) is 11.8 Å². The van der Waals surface area contributed by atoms with Gasteiger partial charge in [-0.25, -0.2) is 0 Å². The topological polar surface area (TPSA) is 98.2 Å². The first-order chi connectivity index (χ1) is 7.90. The van der Waals surface area contributed by atoms with Gasteiger partial charge in [0.25, 0.3) is 0 Å². The standard InChI is InChI=1S/C12H17N3O2/c1-7-3-4-8(2)10(5-7)15-12(17)9(13)6-11(14)16/h3-5,9H,6,13H2,1-2H3,(H2,14,16)(H,15,17). The van der Waals surface area contributed by atoms with Gasteiger partial charge in [0.1, 0.15) is 0 Å². The molecule has 0 aliphatic heterocycles. The molecule has 2 amide bonds. The molecular formula is C12H17N3O2. The highest BCUT2D eigenvalue weighted by molar-refractivity contribution is 5.97. The molecule has 17 heavy (non-hydrogen) atoms. The number of nitrogens with two attached hydrogens (primary N) is 2. The van der Waals surface area contributed by atoms with Gasteiger partial charge in [0.15, 0.2) is 0 Å². The van der Waals surface area contributed by atoms with E-state index in [-0.39, 0.29) is 6.42 Å². The molecule has 1 rings (SSSR count). The molecule has 1 aromatic carbocycles. The summed E-state index contributed by atoms with van der Waals surface area (Å²) in [5, 5.41) is 2.68.